The number of rotatable bonds is 5. The van der Waals surface area contributed by atoms with Crippen LogP contribution in [0, 0.1) is 0 Å². The highest BCUT2D eigenvalue weighted by Gasteiger charge is 2.35. The molecule has 1 saturated heterocycles. The van der Waals surface area contributed by atoms with Gasteiger partial charge in [-0.25, -0.2) is 0 Å². The van der Waals surface area contributed by atoms with Crippen LogP contribution < -0.4 is 10.2 Å². The van der Waals surface area contributed by atoms with Gasteiger partial charge in [-0.2, -0.15) is 0 Å². The van der Waals surface area contributed by atoms with Crippen LogP contribution in [0.4, 0.5) is 5.69 Å². The van der Waals surface area contributed by atoms with E-state index in [1.54, 1.807) is 7.11 Å². The van der Waals surface area contributed by atoms with Gasteiger partial charge in [0.25, 0.3) is 0 Å². The standard InChI is InChI=1S/C17H28N2O/c1-5-17(6-2)13-19(14(3)11-18-17)16-9-7-8-15(10-16)12-20-4/h7-10,14,18H,5-6,11-13H2,1-4H3. The van der Waals surface area contributed by atoms with E-state index in [1.165, 1.54) is 24.1 Å². The average molecular weight is 276 g/mol. The Labute approximate surface area is 123 Å². The molecule has 112 valence electrons. The Hall–Kier alpha value is -1.06. The summed E-state index contributed by atoms with van der Waals surface area (Å²) in [5.41, 5.74) is 2.82. The Morgan fingerprint density at radius 3 is 2.75 bits per heavy atom. The normalized spacial score (nSPS) is 22.0. The topological polar surface area (TPSA) is 24.5 Å². The molecule has 0 radical (unpaired) electrons. The zero-order valence-electron chi connectivity index (χ0n) is 13.3. The number of nitrogens with one attached hydrogen (secondary N) is 1. The van der Waals surface area contributed by atoms with Crippen molar-refractivity contribution in [1.82, 2.24) is 5.32 Å². The first-order valence-electron chi connectivity index (χ1n) is 7.73. The number of hydrogen-bond donors (Lipinski definition) is 1. The molecule has 0 bridgehead atoms. The maximum Gasteiger partial charge on any atom is 0.0713 e. The quantitative estimate of drug-likeness (QED) is 0.894. The van der Waals surface area contributed by atoms with Crippen LogP contribution in [0.15, 0.2) is 24.3 Å². The van der Waals surface area contributed by atoms with E-state index in [9.17, 15) is 0 Å². The van der Waals surface area contributed by atoms with Crippen LogP contribution in [-0.2, 0) is 11.3 Å². The monoisotopic (exact) mass is 276 g/mol. The molecule has 0 aliphatic carbocycles. The van der Waals surface area contributed by atoms with Gasteiger partial charge in [-0.05, 0) is 37.5 Å². The fourth-order valence-corrected chi connectivity index (χ4v) is 3.07. The van der Waals surface area contributed by atoms with Gasteiger partial charge >= 0.3 is 0 Å². The lowest BCUT2D eigenvalue weighted by Gasteiger charge is -2.47. The van der Waals surface area contributed by atoms with Crippen LogP contribution in [0.25, 0.3) is 0 Å². The third kappa shape index (κ3) is 3.15. The number of ether oxygens (including phenoxy) is 1. The summed E-state index contributed by atoms with van der Waals surface area (Å²) in [7, 11) is 1.75. The average Bonchev–Trinajstić information content (AvgIpc) is 2.49. The molecule has 1 heterocycles. The van der Waals surface area contributed by atoms with Crippen molar-refractivity contribution < 1.29 is 4.74 Å². The minimum atomic E-state index is 0.254. The van der Waals surface area contributed by atoms with Crippen molar-refractivity contribution in [1.29, 1.82) is 0 Å². The van der Waals surface area contributed by atoms with Crippen molar-refractivity contribution in [2.75, 3.05) is 25.1 Å². The zero-order valence-corrected chi connectivity index (χ0v) is 13.3. The van der Waals surface area contributed by atoms with Crippen LogP contribution in [0.3, 0.4) is 0 Å². The second-order valence-electron chi connectivity index (χ2n) is 5.95. The van der Waals surface area contributed by atoms with Crippen molar-refractivity contribution in [3.8, 4) is 0 Å². The van der Waals surface area contributed by atoms with E-state index >= 15 is 0 Å². The third-order valence-corrected chi connectivity index (χ3v) is 4.68. The molecule has 1 aliphatic heterocycles. The number of methoxy groups -OCH3 is 1. The van der Waals surface area contributed by atoms with Crippen LogP contribution >= 0.6 is 0 Å². The Balaban J connectivity index is 2.22. The van der Waals surface area contributed by atoms with Crippen molar-refractivity contribution in [2.45, 2.75) is 51.8 Å². The lowest BCUT2D eigenvalue weighted by molar-refractivity contribution is 0.185. The van der Waals surface area contributed by atoms with Crippen LogP contribution in [-0.4, -0.2) is 31.8 Å². The second-order valence-corrected chi connectivity index (χ2v) is 5.95. The maximum atomic E-state index is 5.25. The molecule has 1 unspecified atom stereocenters. The highest BCUT2D eigenvalue weighted by Crippen LogP contribution is 2.28. The molecule has 1 N–H and O–H groups in total. The summed E-state index contributed by atoms with van der Waals surface area (Å²) in [6, 6.07) is 9.28. The first-order chi connectivity index (χ1) is 9.64. The maximum absolute atomic E-state index is 5.25. The van der Waals surface area contributed by atoms with E-state index in [0.29, 0.717) is 12.6 Å². The highest BCUT2D eigenvalue weighted by molar-refractivity contribution is 5.50. The van der Waals surface area contributed by atoms with Gasteiger partial charge in [-0.3, -0.25) is 0 Å². The van der Waals surface area contributed by atoms with E-state index in [-0.39, 0.29) is 5.54 Å². The predicted octanol–water partition coefficient (Wildman–Crippen LogP) is 3.19. The Bertz CT molecular complexity index is 429. The predicted molar refractivity (Wildman–Crippen MR) is 85.3 cm³/mol. The molecule has 1 aromatic carbocycles. The molecule has 0 spiro atoms. The zero-order chi connectivity index (χ0) is 14.6. The van der Waals surface area contributed by atoms with Gasteiger partial charge in [0.1, 0.15) is 0 Å². The minimum Gasteiger partial charge on any atom is -0.380 e. The van der Waals surface area contributed by atoms with E-state index in [2.05, 4.69) is 55.3 Å². The molecule has 1 atom stereocenters. The number of benzene rings is 1. The lowest BCUT2D eigenvalue weighted by atomic mass is 9.88. The van der Waals surface area contributed by atoms with Crippen molar-refractivity contribution >= 4 is 5.69 Å². The molecular formula is C17H28N2O. The van der Waals surface area contributed by atoms with Gasteiger partial charge in [0.15, 0.2) is 0 Å². The van der Waals surface area contributed by atoms with E-state index in [0.717, 1.165) is 13.1 Å². The van der Waals surface area contributed by atoms with Gasteiger partial charge < -0.3 is 15.0 Å². The molecule has 20 heavy (non-hydrogen) atoms. The summed E-state index contributed by atoms with van der Waals surface area (Å²) in [6.45, 7) is 9.68. The van der Waals surface area contributed by atoms with Gasteiger partial charge in [0.2, 0.25) is 0 Å². The molecule has 3 heteroatoms. The summed E-state index contributed by atoms with van der Waals surface area (Å²) < 4.78 is 5.25. The molecule has 3 nitrogen and oxygen atoms in total. The lowest BCUT2D eigenvalue weighted by Crippen LogP contribution is -2.63. The molecule has 1 aromatic rings. The van der Waals surface area contributed by atoms with Gasteiger partial charge in [-0.15, -0.1) is 0 Å². The first kappa shape index (κ1) is 15.3. The second kappa shape index (κ2) is 6.59. The number of hydrogen-bond acceptors (Lipinski definition) is 3. The van der Waals surface area contributed by atoms with Crippen molar-refractivity contribution in [3.05, 3.63) is 29.8 Å². The smallest absolute Gasteiger partial charge is 0.0713 e. The SMILES string of the molecule is CCC1(CC)CN(c2cccc(COC)c2)C(C)CN1. The van der Waals surface area contributed by atoms with Crippen LogP contribution in [0.1, 0.15) is 39.2 Å². The first-order valence-corrected chi connectivity index (χ1v) is 7.73. The molecule has 0 saturated carbocycles. The highest BCUT2D eigenvalue weighted by atomic mass is 16.5. The van der Waals surface area contributed by atoms with Crippen molar-refractivity contribution in [3.63, 3.8) is 0 Å². The van der Waals surface area contributed by atoms with Gasteiger partial charge in [0.05, 0.1) is 6.61 Å². The summed E-state index contributed by atoms with van der Waals surface area (Å²) >= 11 is 0. The molecule has 2 rings (SSSR count). The van der Waals surface area contributed by atoms with E-state index in [1.807, 2.05) is 0 Å². The number of anilines is 1. The van der Waals surface area contributed by atoms with Crippen LogP contribution in [0.5, 0.6) is 0 Å². The molecule has 1 aliphatic rings. The molecular weight excluding hydrogens is 248 g/mol. The molecule has 0 aromatic heterocycles. The summed E-state index contributed by atoms with van der Waals surface area (Å²) in [4.78, 5) is 2.54. The fraction of sp³-hybridized carbons (Fsp3) is 0.647. The molecule has 1 fully saturated rings. The Kier molecular flexibility index (Phi) is 5.06. The largest absolute Gasteiger partial charge is 0.380 e. The summed E-state index contributed by atoms with van der Waals surface area (Å²) in [5.74, 6) is 0. The van der Waals surface area contributed by atoms with Gasteiger partial charge in [-0.1, -0.05) is 26.0 Å². The van der Waals surface area contributed by atoms with E-state index in [4.69, 9.17) is 4.74 Å². The van der Waals surface area contributed by atoms with Gasteiger partial charge in [0, 0.05) is 37.5 Å². The number of piperazine rings is 1. The Morgan fingerprint density at radius 1 is 1.35 bits per heavy atom. The Morgan fingerprint density at radius 2 is 2.10 bits per heavy atom. The summed E-state index contributed by atoms with van der Waals surface area (Å²) in [6.07, 6.45) is 2.34. The van der Waals surface area contributed by atoms with Crippen LogP contribution in [0.2, 0.25) is 0 Å². The fourth-order valence-electron chi connectivity index (χ4n) is 3.07. The van der Waals surface area contributed by atoms with E-state index < -0.39 is 0 Å². The minimum absolute atomic E-state index is 0.254. The molecule has 0 amide bonds. The summed E-state index contributed by atoms with van der Waals surface area (Å²) in [5, 5.41) is 3.75. The third-order valence-electron chi connectivity index (χ3n) is 4.68. The van der Waals surface area contributed by atoms with Crippen molar-refractivity contribution in [2.24, 2.45) is 0 Å². The number of nitrogens with zero attached hydrogens (tertiary/aromatic N) is 1.